The van der Waals surface area contributed by atoms with E-state index in [0.717, 1.165) is 11.1 Å². The molecule has 0 radical (unpaired) electrons. The lowest BCUT2D eigenvalue weighted by molar-refractivity contribution is 0.488. The van der Waals surface area contributed by atoms with E-state index >= 15 is 0 Å². The molecule has 1 heterocycles. The molecule has 1 unspecified atom stereocenters. The van der Waals surface area contributed by atoms with Gasteiger partial charge in [0.15, 0.2) is 0 Å². The van der Waals surface area contributed by atoms with Crippen molar-refractivity contribution in [2.45, 2.75) is 5.92 Å². The minimum absolute atomic E-state index is 0.00442. The third-order valence-electron chi connectivity index (χ3n) is 5.53. The minimum atomic E-state index is -4.71. The first-order valence-corrected chi connectivity index (χ1v) is 12.1. The summed E-state index contributed by atoms with van der Waals surface area (Å²) in [6.07, 6.45) is 3.80. The highest BCUT2D eigenvalue weighted by Crippen LogP contribution is 2.49. The Balaban J connectivity index is 1.80. The van der Waals surface area contributed by atoms with E-state index in [1.54, 1.807) is 24.3 Å². The van der Waals surface area contributed by atoms with Crippen LogP contribution >= 0.6 is 23.2 Å². The normalized spacial score (nSPS) is 17.3. The van der Waals surface area contributed by atoms with E-state index in [1.165, 1.54) is 0 Å². The summed E-state index contributed by atoms with van der Waals surface area (Å²) >= 11 is 12.9. The van der Waals surface area contributed by atoms with Crippen LogP contribution in [-0.2, 0) is 10.1 Å². The summed E-state index contributed by atoms with van der Waals surface area (Å²) in [5.74, 6) is -0.969. The zero-order chi connectivity index (χ0) is 23.2. The van der Waals surface area contributed by atoms with Gasteiger partial charge in [-0.05, 0) is 33.5 Å². The fraction of sp³-hybridized carbons (Fsp3) is 0.0417. The second-order valence-electron chi connectivity index (χ2n) is 7.45. The zero-order valence-corrected chi connectivity index (χ0v) is 19.2. The van der Waals surface area contributed by atoms with Crippen LogP contribution in [0.4, 0.5) is 0 Å². The second-order valence-corrected chi connectivity index (χ2v) is 9.63. The molecule has 1 aliphatic heterocycles. The molecule has 0 amide bonds. The predicted molar refractivity (Wildman–Crippen MR) is 130 cm³/mol. The number of rotatable bonds is 4. The van der Waals surface area contributed by atoms with Crippen LogP contribution in [0.3, 0.4) is 0 Å². The van der Waals surface area contributed by atoms with Gasteiger partial charge in [0.25, 0.3) is 10.1 Å². The molecule has 0 saturated heterocycles. The summed E-state index contributed by atoms with van der Waals surface area (Å²) < 4.78 is 35.6. The third kappa shape index (κ3) is 3.83. The van der Waals surface area contributed by atoms with Crippen molar-refractivity contribution in [1.82, 2.24) is 0 Å². The monoisotopic (exact) mass is 495 g/mol. The molecule has 1 aliphatic carbocycles. The van der Waals surface area contributed by atoms with Gasteiger partial charge in [-0.25, -0.2) is 0 Å². The van der Waals surface area contributed by atoms with Crippen molar-refractivity contribution in [2.75, 3.05) is 0 Å². The topological polar surface area (TPSA) is 91.5 Å². The molecule has 9 heteroatoms. The van der Waals surface area contributed by atoms with Gasteiger partial charge in [0.2, 0.25) is 0 Å². The highest BCUT2D eigenvalue weighted by Gasteiger charge is 2.43. The van der Waals surface area contributed by atoms with Crippen molar-refractivity contribution in [2.24, 2.45) is 15.4 Å². The van der Waals surface area contributed by atoms with Gasteiger partial charge in [0, 0.05) is 5.56 Å². The van der Waals surface area contributed by atoms with Crippen molar-refractivity contribution in [3.05, 3.63) is 115 Å². The molecule has 2 aliphatic rings. The number of allylic oxidation sites excluding steroid dienone is 2. The van der Waals surface area contributed by atoms with Crippen LogP contribution in [0.1, 0.15) is 33.7 Å². The van der Waals surface area contributed by atoms with Gasteiger partial charge in [-0.1, -0.05) is 96.0 Å². The molecule has 6 nitrogen and oxygen atoms in total. The molecule has 1 N–H and O–H groups in total. The summed E-state index contributed by atoms with van der Waals surface area (Å²) in [4.78, 5) is -0.334. The molecule has 0 saturated carbocycles. The highest BCUT2D eigenvalue weighted by atomic mass is 35.5. The second kappa shape index (κ2) is 8.35. The van der Waals surface area contributed by atoms with Crippen molar-refractivity contribution in [3.8, 4) is 0 Å². The third-order valence-corrected chi connectivity index (χ3v) is 7.33. The molecule has 3 aromatic rings. The van der Waals surface area contributed by atoms with Gasteiger partial charge in [0.1, 0.15) is 16.3 Å². The molecule has 33 heavy (non-hydrogen) atoms. The number of halogens is 2. The standard InChI is InChI=1S/C24H15Cl2N3O3S/c25-18-13-12-17-19(21(18)26)20(24(33(30,31)32)23-22(17)27-29-28-23)16-9-5-4-8-15(16)11-10-14-6-2-1-3-7-14/h1-13,20H,(H,30,31,32). The van der Waals surface area contributed by atoms with Crippen LogP contribution in [0.2, 0.25) is 10.0 Å². The molecule has 0 bridgehead atoms. The van der Waals surface area contributed by atoms with Crippen molar-refractivity contribution in [1.29, 1.82) is 0 Å². The first kappa shape index (κ1) is 21.7. The number of hydrogen-bond acceptors (Lipinski definition) is 5. The molecule has 164 valence electrons. The van der Waals surface area contributed by atoms with Crippen molar-refractivity contribution >= 4 is 51.2 Å². The Kier molecular flexibility index (Phi) is 5.50. The summed E-state index contributed by atoms with van der Waals surface area (Å²) in [6.45, 7) is 0. The Morgan fingerprint density at radius 1 is 0.909 bits per heavy atom. The van der Waals surface area contributed by atoms with Gasteiger partial charge in [-0.15, -0.1) is 10.2 Å². The summed E-state index contributed by atoms with van der Waals surface area (Å²) in [5.41, 5.74) is 3.53. The largest absolute Gasteiger partial charge is 0.293 e. The maximum Gasteiger partial charge on any atom is 0.293 e. The van der Waals surface area contributed by atoms with E-state index < -0.39 is 16.0 Å². The molecule has 3 aromatic carbocycles. The number of benzene rings is 3. The van der Waals surface area contributed by atoms with Gasteiger partial charge < -0.3 is 0 Å². The Morgan fingerprint density at radius 3 is 2.39 bits per heavy atom. The van der Waals surface area contributed by atoms with Crippen molar-refractivity contribution in [3.63, 3.8) is 0 Å². The van der Waals surface area contributed by atoms with E-state index in [-0.39, 0.29) is 26.4 Å². The zero-order valence-electron chi connectivity index (χ0n) is 16.9. The Labute approximate surface area is 200 Å². The van der Waals surface area contributed by atoms with Gasteiger partial charge >= 0.3 is 0 Å². The van der Waals surface area contributed by atoms with E-state index in [0.29, 0.717) is 16.7 Å². The first-order valence-electron chi connectivity index (χ1n) is 9.87. The predicted octanol–water partition coefficient (Wildman–Crippen LogP) is 6.58. The average molecular weight is 496 g/mol. The molecular weight excluding hydrogens is 481 g/mol. The average Bonchev–Trinajstić information content (AvgIpc) is 3.29. The van der Waals surface area contributed by atoms with E-state index in [9.17, 15) is 13.0 Å². The summed E-state index contributed by atoms with van der Waals surface area (Å²) in [7, 11) is -4.71. The van der Waals surface area contributed by atoms with E-state index in [2.05, 4.69) is 15.4 Å². The van der Waals surface area contributed by atoms with Gasteiger partial charge in [0.05, 0.1) is 16.0 Å². The lowest BCUT2D eigenvalue weighted by Crippen LogP contribution is -2.25. The molecule has 5 rings (SSSR count). The van der Waals surface area contributed by atoms with E-state index in [1.807, 2.05) is 54.6 Å². The minimum Gasteiger partial charge on any atom is -0.282 e. The van der Waals surface area contributed by atoms with E-state index in [4.69, 9.17) is 23.2 Å². The molecule has 1 atom stereocenters. The van der Waals surface area contributed by atoms with Crippen LogP contribution in [0.15, 0.2) is 92.8 Å². The maximum absolute atomic E-state index is 12.7. The number of hydrogen-bond donors (Lipinski definition) is 1. The lowest BCUT2D eigenvalue weighted by Gasteiger charge is -2.29. The highest BCUT2D eigenvalue weighted by molar-refractivity contribution is 7.90. The lowest BCUT2D eigenvalue weighted by atomic mass is 9.79. The van der Waals surface area contributed by atoms with Crippen molar-refractivity contribution < 1.29 is 13.0 Å². The summed E-state index contributed by atoms with van der Waals surface area (Å²) in [5, 5.41) is 12.0. The fourth-order valence-electron chi connectivity index (χ4n) is 4.12. The Hall–Kier alpha value is -3.10. The number of fused-ring (bicyclic) bond motifs is 3. The first-order chi connectivity index (χ1) is 15.9. The molecular formula is C24H15Cl2N3O3S. The van der Waals surface area contributed by atoms with Crippen LogP contribution in [0.5, 0.6) is 0 Å². The van der Waals surface area contributed by atoms with Crippen LogP contribution in [0.25, 0.3) is 12.2 Å². The van der Waals surface area contributed by atoms with Crippen LogP contribution in [0, 0.1) is 0 Å². The quantitative estimate of drug-likeness (QED) is 0.327. The van der Waals surface area contributed by atoms with Crippen LogP contribution in [-0.4, -0.2) is 18.7 Å². The number of nitrogens with zero attached hydrogens (tertiary/aromatic N) is 3. The van der Waals surface area contributed by atoms with Crippen LogP contribution < -0.4 is 0 Å². The molecule has 0 spiro atoms. The maximum atomic E-state index is 12.7. The Morgan fingerprint density at radius 2 is 1.64 bits per heavy atom. The summed E-state index contributed by atoms with van der Waals surface area (Å²) in [6, 6.07) is 20.3. The Bertz CT molecular complexity index is 1510. The van der Waals surface area contributed by atoms with Gasteiger partial charge in [-0.2, -0.15) is 8.42 Å². The smallest absolute Gasteiger partial charge is 0.282 e. The fourth-order valence-corrected chi connectivity index (χ4v) is 5.48. The molecule has 0 fully saturated rings. The SMILES string of the molecule is O=S(=O)(O)C1=C2N=NN=C2c2ccc(Cl)c(Cl)c2C1c1ccccc1C=Cc1ccccc1. The molecule has 0 aromatic heterocycles. The van der Waals surface area contributed by atoms with Gasteiger partial charge in [-0.3, -0.25) is 4.55 Å².